The Hall–Kier alpha value is -1.48. The zero-order valence-corrected chi connectivity index (χ0v) is 9.80. The first-order valence-electron chi connectivity index (χ1n) is 5.01. The Bertz CT molecular complexity index is 559. The number of aromatic amines is 1. The number of fused-ring (bicyclic) bond motifs is 1. The fourth-order valence-electron chi connectivity index (χ4n) is 1.71. The Kier molecular flexibility index (Phi) is 2.64. The molecular weight excluding hydrogens is 226 g/mol. The number of H-pyrrole nitrogens is 1. The molecule has 0 aliphatic rings. The first-order valence-corrected chi connectivity index (χ1v) is 5.39. The number of carboxylic acids is 1. The first kappa shape index (κ1) is 11.0. The van der Waals surface area contributed by atoms with E-state index in [0.29, 0.717) is 10.7 Å². The van der Waals surface area contributed by atoms with Crippen LogP contribution in [0, 0.1) is 6.92 Å². The number of aliphatic carboxylic acids is 1. The summed E-state index contributed by atoms with van der Waals surface area (Å²) in [6, 6.07) is 5.57. The largest absolute Gasteiger partial charge is 0.481 e. The van der Waals surface area contributed by atoms with Crippen LogP contribution in [0.4, 0.5) is 0 Å². The predicted molar refractivity (Wildman–Crippen MR) is 64.1 cm³/mol. The van der Waals surface area contributed by atoms with Crippen molar-refractivity contribution < 1.29 is 9.90 Å². The van der Waals surface area contributed by atoms with Crippen LogP contribution in [-0.2, 0) is 4.79 Å². The number of halogens is 1. The number of hydrogen-bond donors (Lipinski definition) is 2. The molecule has 0 saturated heterocycles. The third-order valence-electron chi connectivity index (χ3n) is 2.85. The van der Waals surface area contributed by atoms with E-state index in [1.807, 2.05) is 25.1 Å². The highest BCUT2D eigenvalue weighted by molar-refractivity contribution is 6.32. The van der Waals surface area contributed by atoms with E-state index in [0.717, 1.165) is 16.5 Å². The highest BCUT2D eigenvalue weighted by Crippen LogP contribution is 2.28. The monoisotopic (exact) mass is 237 g/mol. The van der Waals surface area contributed by atoms with E-state index in [9.17, 15) is 4.79 Å². The summed E-state index contributed by atoms with van der Waals surface area (Å²) in [5, 5.41) is 10.6. The second-order valence-corrected chi connectivity index (χ2v) is 4.33. The number of carbonyl (C=O) groups is 1. The van der Waals surface area contributed by atoms with Gasteiger partial charge in [0.05, 0.1) is 11.4 Å². The Morgan fingerprint density at radius 2 is 2.19 bits per heavy atom. The van der Waals surface area contributed by atoms with E-state index in [2.05, 4.69) is 4.98 Å². The lowest BCUT2D eigenvalue weighted by Gasteiger charge is -2.02. The molecule has 1 aromatic heterocycles. The topological polar surface area (TPSA) is 53.1 Å². The van der Waals surface area contributed by atoms with E-state index >= 15 is 0 Å². The van der Waals surface area contributed by atoms with Crippen molar-refractivity contribution in [3.63, 3.8) is 0 Å². The van der Waals surface area contributed by atoms with Crippen molar-refractivity contribution in [1.29, 1.82) is 0 Å². The molecule has 0 spiro atoms. The summed E-state index contributed by atoms with van der Waals surface area (Å²) < 4.78 is 0. The van der Waals surface area contributed by atoms with Gasteiger partial charge in [-0.1, -0.05) is 17.7 Å². The van der Waals surface area contributed by atoms with Crippen LogP contribution in [0.2, 0.25) is 5.02 Å². The summed E-state index contributed by atoms with van der Waals surface area (Å²) in [4.78, 5) is 14.0. The summed E-state index contributed by atoms with van der Waals surface area (Å²) in [6.45, 7) is 3.57. The normalized spacial score (nSPS) is 12.9. The third kappa shape index (κ3) is 1.67. The molecule has 0 amide bonds. The summed E-state index contributed by atoms with van der Waals surface area (Å²) in [6.07, 6.45) is 0. The fraction of sp³-hybridized carbons (Fsp3) is 0.250. The maximum atomic E-state index is 10.9. The fourth-order valence-corrected chi connectivity index (χ4v) is 1.87. The molecule has 2 rings (SSSR count). The van der Waals surface area contributed by atoms with Gasteiger partial charge < -0.3 is 10.1 Å². The van der Waals surface area contributed by atoms with Crippen molar-refractivity contribution in [2.24, 2.45) is 0 Å². The quantitative estimate of drug-likeness (QED) is 0.842. The number of aromatic nitrogens is 1. The number of rotatable bonds is 2. The molecule has 0 saturated carbocycles. The van der Waals surface area contributed by atoms with Crippen LogP contribution in [0.1, 0.15) is 24.1 Å². The number of benzene rings is 1. The molecule has 2 N–H and O–H groups in total. The van der Waals surface area contributed by atoms with E-state index in [1.54, 1.807) is 6.92 Å². The average molecular weight is 238 g/mol. The van der Waals surface area contributed by atoms with Crippen molar-refractivity contribution in [3.8, 4) is 0 Å². The number of aryl methyl sites for hydroxylation is 1. The summed E-state index contributed by atoms with van der Waals surface area (Å²) >= 11 is 6.00. The maximum absolute atomic E-state index is 10.9. The number of nitrogens with one attached hydrogen (secondary N) is 1. The second kappa shape index (κ2) is 3.83. The molecule has 1 heterocycles. The minimum absolute atomic E-state index is 0.537. The molecule has 3 nitrogen and oxygen atoms in total. The molecule has 1 aromatic carbocycles. The van der Waals surface area contributed by atoms with E-state index in [1.165, 1.54) is 0 Å². The molecule has 0 bridgehead atoms. The summed E-state index contributed by atoms with van der Waals surface area (Å²) in [5.74, 6) is -1.37. The number of carboxylic acid groups (broad SMARTS) is 1. The van der Waals surface area contributed by atoms with E-state index < -0.39 is 11.9 Å². The van der Waals surface area contributed by atoms with Gasteiger partial charge in [-0.15, -0.1) is 0 Å². The Morgan fingerprint density at radius 3 is 2.81 bits per heavy atom. The van der Waals surface area contributed by atoms with Gasteiger partial charge in [-0.2, -0.15) is 0 Å². The summed E-state index contributed by atoms with van der Waals surface area (Å²) in [5.41, 5.74) is 2.56. The van der Waals surface area contributed by atoms with E-state index in [4.69, 9.17) is 16.7 Å². The van der Waals surface area contributed by atoms with Gasteiger partial charge in [0.2, 0.25) is 0 Å². The van der Waals surface area contributed by atoms with Crippen molar-refractivity contribution in [3.05, 3.63) is 34.5 Å². The van der Waals surface area contributed by atoms with Gasteiger partial charge in [0.1, 0.15) is 0 Å². The van der Waals surface area contributed by atoms with Crippen molar-refractivity contribution in [2.75, 3.05) is 0 Å². The van der Waals surface area contributed by atoms with Crippen LogP contribution < -0.4 is 0 Å². The third-order valence-corrected chi connectivity index (χ3v) is 3.26. The SMILES string of the molecule is Cc1c(Cl)ccc2cc(C(C)C(=O)O)[nH]c12. The lowest BCUT2D eigenvalue weighted by molar-refractivity contribution is -0.138. The minimum Gasteiger partial charge on any atom is -0.481 e. The zero-order valence-electron chi connectivity index (χ0n) is 9.04. The van der Waals surface area contributed by atoms with Gasteiger partial charge in [0, 0.05) is 16.1 Å². The molecule has 4 heteroatoms. The molecule has 0 radical (unpaired) electrons. The Balaban J connectivity index is 2.60. The molecule has 0 aliphatic carbocycles. The van der Waals surface area contributed by atoms with Crippen LogP contribution in [0.15, 0.2) is 18.2 Å². The molecule has 1 unspecified atom stereocenters. The predicted octanol–water partition coefficient (Wildman–Crippen LogP) is 3.32. The maximum Gasteiger partial charge on any atom is 0.312 e. The molecule has 84 valence electrons. The molecular formula is C12H12ClNO2. The van der Waals surface area contributed by atoms with E-state index in [-0.39, 0.29) is 0 Å². The van der Waals surface area contributed by atoms with Gasteiger partial charge in [0.15, 0.2) is 0 Å². The van der Waals surface area contributed by atoms with Crippen LogP contribution in [0.5, 0.6) is 0 Å². The highest BCUT2D eigenvalue weighted by atomic mass is 35.5. The lowest BCUT2D eigenvalue weighted by atomic mass is 10.1. The summed E-state index contributed by atoms with van der Waals surface area (Å²) in [7, 11) is 0. The average Bonchev–Trinajstić information content (AvgIpc) is 2.67. The van der Waals surface area contributed by atoms with Crippen molar-refractivity contribution in [2.45, 2.75) is 19.8 Å². The number of hydrogen-bond acceptors (Lipinski definition) is 1. The Morgan fingerprint density at radius 1 is 1.50 bits per heavy atom. The van der Waals surface area contributed by atoms with Gasteiger partial charge in [-0.05, 0) is 31.5 Å². The molecule has 16 heavy (non-hydrogen) atoms. The van der Waals surface area contributed by atoms with Gasteiger partial charge in [0.25, 0.3) is 0 Å². The molecule has 0 fully saturated rings. The highest BCUT2D eigenvalue weighted by Gasteiger charge is 2.16. The molecule has 0 aliphatic heterocycles. The van der Waals surface area contributed by atoms with Gasteiger partial charge in [-0.25, -0.2) is 0 Å². The van der Waals surface area contributed by atoms with Crippen LogP contribution in [0.25, 0.3) is 10.9 Å². The van der Waals surface area contributed by atoms with Gasteiger partial charge in [-0.3, -0.25) is 4.79 Å². The van der Waals surface area contributed by atoms with Gasteiger partial charge >= 0.3 is 5.97 Å². The molecule has 2 aromatic rings. The van der Waals surface area contributed by atoms with Crippen molar-refractivity contribution >= 4 is 28.5 Å². The zero-order chi connectivity index (χ0) is 11.9. The smallest absolute Gasteiger partial charge is 0.312 e. The first-order chi connectivity index (χ1) is 7.50. The second-order valence-electron chi connectivity index (χ2n) is 3.92. The van der Waals surface area contributed by atoms with Crippen LogP contribution >= 0.6 is 11.6 Å². The van der Waals surface area contributed by atoms with Crippen LogP contribution in [-0.4, -0.2) is 16.1 Å². The van der Waals surface area contributed by atoms with Crippen molar-refractivity contribution in [1.82, 2.24) is 4.98 Å². The molecule has 1 atom stereocenters. The Labute approximate surface area is 98.0 Å². The standard InChI is InChI=1S/C12H12ClNO2/c1-6-9(13)4-3-8-5-10(14-11(6)8)7(2)12(15)16/h3-5,7,14H,1-2H3,(H,15,16). The lowest BCUT2D eigenvalue weighted by Crippen LogP contribution is -2.07. The minimum atomic E-state index is -0.838. The van der Waals surface area contributed by atoms with Crippen LogP contribution in [0.3, 0.4) is 0 Å².